The smallest absolute Gasteiger partial charge is 0.135 e. The highest BCUT2D eigenvalue weighted by molar-refractivity contribution is 7.80. The minimum Gasteiger partial charge on any atom is -0.456 e. The average Bonchev–Trinajstić information content (AvgIpc) is 3.00. The lowest BCUT2D eigenvalue weighted by molar-refractivity contribution is 0.490. The Kier molecular flexibility index (Phi) is 11.8. The van der Waals surface area contributed by atoms with Crippen LogP contribution >= 0.6 is 15.8 Å². The van der Waals surface area contributed by atoms with Crippen LogP contribution in [0.2, 0.25) is 0 Å². The van der Waals surface area contributed by atoms with Crippen LogP contribution < -0.4 is 26.0 Å². The van der Waals surface area contributed by atoms with Crippen LogP contribution in [-0.4, -0.2) is 5.66 Å². The van der Waals surface area contributed by atoms with E-state index in [1.165, 1.54) is 52.2 Å². The van der Waals surface area contributed by atoms with E-state index in [0.717, 1.165) is 11.5 Å². The third-order valence-electron chi connectivity index (χ3n) is 7.06. The van der Waals surface area contributed by atoms with Crippen molar-refractivity contribution in [1.82, 2.24) is 0 Å². The summed E-state index contributed by atoms with van der Waals surface area (Å²) in [6.45, 7) is 9.01. The summed E-state index contributed by atoms with van der Waals surface area (Å²) < 4.78 is 6.98. The molecule has 0 radical (unpaired) electrons. The number of unbranched alkanes of at least 4 members (excludes halogenated alkanes) is 2. The Bertz CT molecular complexity index is 1340. The van der Waals surface area contributed by atoms with E-state index in [2.05, 4.69) is 155 Å². The molecule has 1 nitrogen and oxygen atoms in total. The van der Waals surface area contributed by atoms with E-state index >= 15 is 0 Å². The molecule has 0 saturated heterocycles. The van der Waals surface area contributed by atoms with Crippen molar-refractivity contribution in [1.29, 1.82) is 0 Å². The molecular weight excluding hydrogens is 522 g/mol. The first-order chi connectivity index (χ1) is 19.7. The van der Waals surface area contributed by atoms with Crippen LogP contribution in [0.25, 0.3) is 0 Å². The maximum absolute atomic E-state index is 6.98. The first kappa shape index (κ1) is 30.0. The summed E-state index contributed by atoms with van der Waals surface area (Å²) in [4.78, 5) is 0. The van der Waals surface area contributed by atoms with E-state index in [4.69, 9.17) is 4.74 Å². The highest BCUT2D eigenvalue weighted by atomic mass is 31.1. The Balaban J connectivity index is 1.79. The SMILES string of the molecule is C/C=C\C(=C/C)P(c1ccccc1Oc1ccccc1P(c1ccccc1)c1ccccc1)C(C)CCCCC. The Morgan fingerprint density at radius 3 is 1.77 bits per heavy atom. The molecule has 0 amide bonds. The largest absolute Gasteiger partial charge is 0.456 e. The third-order valence-corrected chi connectivity index (χ3v) is 12.5. The van der Waals surface area contributed by atoms with Crippen LogP contribution in [0.3, 0.4) is 0 Å². The fourth-order valence-corrected chi connectivity index (χ4v) is 10.4. The van der Waals surface area contributed by atoms with Gasteiger partial charge in [0.15, 0.2) is 0 Å². The van der Waals surface area contributed by atoms with Gasteiger partial charge in [0.25, 0.3) is 0 Å². The molecule has 40 heavy (non-hydrogen) atoms. The number of para-hydroxylation sites is 2. The van der Waals surface area contributed by atoms with Crippen LogP contribution in [0.5, 0.6) is 11.5 Å². The minimum atomic E-state index is -0.774. The van der Waals surface area contributed by atoms with Gasteiger partial charge in [-0.25, -0.2) is 0 Å². The Labute approximate surface area is 244 Å². The topological polar surface area (TPSA) is 9.23 Å². The maximum atomic E-state index is 6.98. The Hall–Kier alpha value is -2.98. The highest BCUT2D eigenvalue weighted by Crippen LogP contribution is 2.53. The lowest BCUT2D eigenvalue weighted by Gasteiger charge is -2.29. The lowest BCUT2D eigenvalue weighted by Crippen LogP contribution is -2.22. The molecule has 4 aromatic carbocycles. The summed E-state index contributed by atoms with van der Waals surface area (Å²) in [5, 5.41) is 6.63. The zero-order chi connectivity index (χ0) is 28.2. The molecule has 0 fully saturated rings. The van der Waals surface area contributed by atoms with Gasteiger partial charge in [-0.05, 0) is 69.8 Å². The molecule has 0 spiro atoms. The van der Waals surface area contributed by atoms with Crippen molar-refractivity contribution in [2.24, 2.45) is 0 Å². The van der Waals surface area contributed by atoms with E-state index in [-0.39, 0.29) is 0 Å². The van der Waals surface area contributed by atoms with Gasteiger partial charge in [0.05, 0.1) is 0 Å². The fraction of sp³-hybridized carbons (Fsp3) is 0.243. The number of hydrogen-bond acceptors (Lipinski definition) is 1. The molecule has 4 rings (SSSR count). The van der Waals surface area contributed by atoms with E-state index in [1.807, 2.05) is 0 Å². The monoisotopic (exact) mass is 564 g/mol. The first-order valence-electron chi connectivity index (χ1n) is 14.5. The van der Waals surface area contributed by atoms with E-state index in [0.29, 0.717) is 5.66 Å². The molecule has 0 heterocycles. The van der Waals surface area contributed by atoms with Crippen molar-refractivity contribution >= 4 is 37.1 Å². The van der Waals surface area contributed by atoms with Crippen molar-refractivity contribution in [3.63, 3.8) is 0 Å². The highest BCUT2D eigenvalue weighted by Gasteiger charge is 2.26. The molecule has 0 aliphatic heterocycles. The second-order valence-electron chi connectivity index (χ2n) is 9.97. The molecular formula is C37H42OP2. The first-order valence-corrected chi connectivity index (χ1v) is 17.3. The van der Waals surface area contributed by atoms with Crippen molar-refractivity contribution in [3.05, 3.63) is 133 Å². The molecule has 0 aromatic heterocycles. The predicted octanol–water partition coefficient (Wildman–Crippen LogP) is 9.79. The van der Waals surface area contributed by atoms with Crippen LogP contribution in [0.4, 0.5) is 0 Å². The van der Waals surface area contributed by atoms with Gasteiger partial charge in [0.1, 0.15) is 11.5 Å². The van der Waals surface area contributed by atoms with Gasteiger partial charge < -0.3 is 4.74 Å². The van der Waals surface area contributed by atoms with Crippen molar-refractivity contribution < 1.29 is 4.74 Å². The number of allylic oxidation sites excluding steroid dienone is 4. The Morgan fingerprint density at radius 1 is 0.700 bits per heavy atom. The predicted molar refractivity (Wildman–Crippen MR) is 180 cm³/mol. The fourth-order valence-electron chi connectivity index (χ4n) is 5.11. The van der Waals surface area contributed by atoms with Gasteiger partial charge in [-0.15, -0.1) is 0 Å². The van der Waals surface area contributed by atoms with Crippen LogP contribution in [-0.2, 0) is 0 Å². The van der Waals surface area contributed by atoms with Crippen LogP contribution in [0.15, 0.2) is 133 Å². The van der Waals surface area contributed by atoms with Crippen LogP contribution in [0.1, 0.15) is 53.4 Å². The summed E-state index contributed by atoms with van der Waals surface area (Å²) >= 11 is 0. The molecule has 2 atom stereocenters. The molecule has 0 saturated carbocycles. The zero-order valence-corrected chi connectivity index (χ0v) is 26.1. The number of hydrogen-bond donors (Lipinski definition) is 0. The molecule has 0 aliphatic rings. The van der Waals surface area contributed by atoms with Crippen LogP contribution in [0, 0.1) is 0 Å². The molecule has 2 unspecified atom stereocenters. The number of benzene rings is 4. The molecule has 0 bridgehead atoms. The quantitative estimate of drug-likeness (QED) is 0.0892. The maximum Gasteiger partial charge on any atom is 0.135 e. The Morgan fingerprint density at radius 2 is 1.23 bits per heavy atom. The van der Waals surface area contributed by atoms with Gasteiger partial charge in [-0.1, -0.05) is 148 Å². The molecule has 0 N–H and O–H groups in total. The molecule has 4 aromatic rings. The number of rotatable bonds is 13. The van der Waals surface area contributed by atoms with Gasteiger partial charge in [-0.2, -0.15) is 0 Å². The van der Waals surface area contributed by atoms with E-state index in [1.54, 1.807) is 0 Å². The van der Waals surface area contributed by atoms with Gasteiger partial charge in [0, 0.05) is 10.6 Å². The van der Waals surface area contributed by atoms with Gasteiger partial charge in [0.2, 0.25) is 0 Å². The molecule has 0 aliphatic carbocycles. The lowest BCUT2D eigenvalue weighted by atomic mass is 10.2. The second kappa shape index (κ2) is 15.7. The summed E-state index contributed by atoms with van der Waals surface area (Å²) in [5.74, 6) is 1.92. The average molecular weight is 565 g/mol. The summed E-state index contributed by atoms with van der Waals surface area (Å²) in [7, 11) is -1.35. The summed E-state index contributed by atoms with van der Waals surface area (Å²) in [5.41, 5.74) is 0.565. The normalized spacial score (nSPS) is 13.5. The van der Waals surface area contributed by atoms with E-state index in [9.17, 15) is 0 Å². The second-order valence-corrected chi connectivity index (χ2v) is 14.8. The summed E-state index contributed by atoms with van der Waals surface area (Å²) in [6, 6.07) is 39.1. The van der Waals surface area contributed by atoms with E-state index < -0.39 is 15.8 Å². The number of ether oxygens (including phenoxy) is 1. The van der Waals surface area contributed by atoms with Crippen molar-refractivity contribution in [2.45, 2.75) is 59.0 Å². The van der Waals surface area contributed by atoms with Gasteiger partial charge >= 0.3 is 0 Å². The zero-order valence-electron chi connectivity index (χ0n) is 24.3. The molecule has 3 heteroatoms. The van der Waals surface area contributed by atoms with Crippen molar-refractivity contribution in [2.75, 3.05) is 0 Å². The third kappa shape index (κ3) is 7.60. The molecule has 206 valence electrons. The standard InChI is InChI=1S/C37H42OP2/c1-5-8-11-21-30(4)39(31(7-3)20-6-2)36-28-18-16-26-34(36)38-35-27-17-19-29-37(35)40(32-22-12-9-13-23-32)33-24-14-10-15-25-33/h6-7,9-10,12-20,22-30H,5,8,11,21H2,1-4H3/b20-6-,31-7+. The minimum absolute atomic E-state index is 0.565. The van der Waals surface area contributed by atoms with Crippen molar-refractivity contribution in [3.8, 4) is 11.5 Å². The summed E-state index contributed by atoms with van der Waals surface area (Å²) in [6.07, 6.45) is 11.8. The van der Waals surface area contributed by atoms with Gasteiger partial charge in [-0.3, -0.25) is 0 Å².